The minimum absolute atomic E-state index is 0.879. The summed E-state index contributed by atoms with van der Waals surface area (Å²) in [5.41, 5.74) is 0. The lowest BCUT2D eigenvalue weighted by Crippen LogP contribution is -1.93. The Morgan fingerprint density at radius 3 is 2.50 bits per heavy atom. The van der Waals surface area contributed by atoms with Gasteiger partial charge >= 0.3 is 0 Å². The molecule has 0 heterocycles. The van der Waals surface area contributed by atoms with Gasteiger partial charge < -0.3 is 4.74 Å². The molecule has 0 radical (unpaired) electrons. The SMILES string of the molecule is CCC=CCCOCCC. The van der Waals surface area contributed by atoms with Gasteiger partial charge in [0.05, 0.1) is 6.61 Å². The van der Waals surface area contributed by atoms with E-state index >= 15 is 0 Å². The number of hydrogen-bond acceptors (Lipinski definition) is 1. The van der Waals surface area contributed by atoms with E-state index in [4.69, 9.17) is 4.74 Å². The summed E-state index contributed by atoms with van der Waals surface area (Å²) in [6.07, 6.45) is 7.67. The second-order valence-corrected chi connectivity index (χ2v) is 2.28. The number of allylic oxidation sites excluding steroid dienone is 1. The Kier molecular flexibility index (Phi) is 8.44. The molecule has 60 valence electrons. The monoisotopic (exact) mass is 142 g/mol. The van der Waals surface area contributed by atoms with Crippen molar-refractivity contribution in [1.29, 1.82) is 0 Å². The summed E-state index contributed by atoms with van der Waals surface area (Å²) in [6, 6.07) is 0. The second kappa shape index (κ2) is 8.70. The molecule has 0 saturated heterocycles. The average molecular weight is 142 g/mol. The van der Waals surface area contributed by atoms with Gasteiger partial charge in [-0.25, -0.2) is 0 Å². The molecule has 0 aromatic heterocycles. The lowest BCUT2D eigenvalue weighted by Gasteiger charge is -1.96. The molecule has 0 aliphatic heterocycles. The quantitative estimate of drug-likeness (QED) is 0.409. The van der Waals surface area contributed by atoms with E-state index in [9.17, 15) is 0 Å². The van der Waals surface area contributed by atoms with Gasteiger partial charge in [0.1, 0.15) is 0 Å². The van der Waals surface area contributed by atoms with E-state index < -0.39 is 0 Å². The average Bonchev–Trinajstić information content (AvgIpc) is 1.97. The molecule has 0 spiro atoms. The van der Waals surface area contributed by atoms with E-state index in [-0.39, 0.29) is 0 Å². The normalized spacial score (nSPS) is 11.0. The maximum atomic E-state index is 5.28. The largest absolute Gasteiger partial charge is 0.381 e. The molecular weight excluding hydrogens is 124 g/mol. The summed E-state index contributed by atoms with van der Waals surface area (Å²) in [7, 11) is 0. The number of hydrogen-bond donors (Lipinski definition) is 0. The highest BCUT2D eigenvalue weighted by atomic mass is 16.5. The van der Waals surface area contributed by atoms with E-state index in [0.29, 0.717) is 0 Å². The highest BCUT2D eigenvalue weighted by Crippen LogP contribution is 1.88. The number of rotatable bonds is 6. The molecule has 0 unspecified atom stereocenters. The van der Waals surface area contributed by atoms with Crippen molar-refractivity contribution in [1.82, 2.24) is 0 Å². The lowest BCUT2D eigenvalue weighted by atomic mass is 10.3. The van der Waals surface area contributed by atoms with Gasteiger partial charge in [-0.05, 0) is 19.3 Å². The van der Waals surface area contributed by atoms with E-state index in [2.05, 4.69) is 26.0 Å². The first-order chi connectivity index (χ1) is 4.91. The van der Waals surface area contributed by atoms with Gasteiger partial charge in [-0.1, -0.05) is 26.0 Å². The first kappa shape index (κ1) is 9.70. The molecule has 0 aromatic carbocycles. The topological polar surface area (TPSA) is 9.23 Å². The molecule has 1 nitrogen and oxygen atoms in total. The Bertz CT molecular complexity index is 76.8. The molecule has 0 amide bonds. The summed E-state index contributed by atoms with van der Waals surface area (Å²) in [5, 5.41) is 0. The van der Waals surface area contributed by atoms with Crippen LogP contribution in [0.3, 0.4) is 0 Å². The van der Waals surface area contributed by atoms with Crippen LogP contribution in [0, 0.1) is 0 Å². The van der Waals surface area contributed by atoms with E-state index in [1.54, 1.807) is 0 Å². The van der Waals surface area contributed by atoms with Crippen LogP contribution in [0.4, 0.5) is 0 Å². The maximum absolute atomic E-state index is 5.28. The molecule has 0 aliphatic carbocycles. The summed E-state index contributed by atoms with van der Waals surface area (Å²) in [5.74, 6) is 0. The van der Waals surface area contributed by atoms with Crippen LogP contribution in [-0.4, -0.2) is 13.2 Å². The third-order valence-corrected chi connectivity index (χ3v) is 1.18. The molecule has 0 aliphatic rings. The standard InChI is InChI=1S/C9H18O/c1-3-5-6-7-9-10-8-4-2/h5-6H,3-4,7-9H2,1-2H3. The molecule has 0 N–H and O–H groups in total. The molecular formula is C9H18O. The molecule has 0 fully saturated rings. The van der Waals surface area contributed by atoms with Crippen LogP contribution < -0.4 is 0 Å². The first-order valence-electron chi connectivity index (χ1n) is 4.14. The maximum Gasteiger partial charge on any atom is 0.0500 e. The lowest BCUT2D eigenvalue weighted by molar-refractivity contribution is 0.139. The third-order valence-electron chi connectivity index (χ3n) is 1.18. The summed E-state index contributed by atoms with van der Waals surface area (Å²) < 4.78 is 5.28. The minimum Gasteiger partial charge on any atom is -0.381 e. The second-order valence-electron chi connectivity index (χ2n) is 2.28. The Labute approximate surface area is 64.1 Å². The Morgan fingerprint density at radius 1 is 1.10 bits per heavy atom. The van der Waals surface area contributed by atoms with Crippen LogP contribution >= 0.6 is 0 Å². The highest BCUT2D eigenvalue weighted by molar-refractivity contribution is 4.79. The molecule has 0 aromatic rings. The van der Waals surface area contributed by atoms with Crippen LogP contribution in [0.5, 0.6) is 0 Å². The van der Waals surface area contributed by atoms with Crippen molar-refractivity contribution in [3.05, 3.63) is 12.2 Å². The van der Waals surface area contributed by atoms with Crippen molar-refractivity contribution < 1.29 is 4.74 Å². The highest BCUT2D eigenvalue weighted by Gasteiger charge is 1.81. The third kappa shape index (κ3) is 7.70. The Hall–Kier alpha value is -0.300. The molecule has 0 rings (SSSR count). The Balaban J connectivity index is 2.83. The Morgan fingerprint density at radius 2 is 1.90 bits per heavy atom. The summed E-state index contributed by atoms with van der Waals surface area (Å²) >= 11 is 0. The van der Waals surface area contributed by atoms with Gasteiger partial charge in [-0.2, -0.15) is 0 Å². The van der Waals surface area contributed by atoms with Crippen molar-refractivity contribution in [3.63, 3.8) is 0 Å². The summed E-state index contributed by atoms with van der Waals surface area (Å²) in [6.45, 7) is 6.05. The molecule has 0 saturated carbocycles. The van der Waals surface area contributed by atoms with Gasteiger partial charge in [0.25, 0.3) is 0 Å². The predicted molar refractivity (Wildman–Crippen MR) is 45.2 cm³/mol. The van der Waals surface area contributed by atoms with Crippen LogP contribution in [0.2, 0.25) is 0 Å². The van der Waals surface area contributed by atoms with E-state index in [1.165, 1.54) is 0 Å². The van der Waals surface area contributed by atoms with Crippen LogP contribution in [0.15, 0.2) is 12.2 Å². The first-order valence-corrected chi connectivity index (χ1v) is 4.14. The fraction of sp³-hybridized carbons (Fsp3) is 0.778. The number of ether oxygens (including phenoxy) is 1. The van der Waals surface area contributed by atoms with Gasteiger partial charge in [0.15, 0.2) is 0 Å². The van der Waals surface area contributed by atoms with Crippen molar-refractivity contribution in [2.24, 2.45) is 0 Å². The molecule has 0 atom stereocenters. The molecule has 0 bridgehead atoms. The van der Waals surface area contributed by atoms with Crippen LogP contribution in [0.1, 0.15) is 33.1 Å². The van der Waals surface area contributed by atoms with Gasteiger partial charge in [0, 0.05) is 6.61 Å². The van der Waals surface area contributed by atoms with Crippen molar-refractivity contribution >= 4 is 0 Å². The summed E-state index contributed by atoms with van der Waals surface area (Å²) in [4.78, 5) is 0. The molecule has 1 heteroatoms. The van der Waals surface area contributed by atoms with Gasteiger partial charge in [-0.15, -0.1) is 0 Å². The van der Waals surface area contributed by atoms with Crippen molar-refractivity contribution in [3.8, 4) is 0 Å². The molecule has 10 heavy (non-hydrogen) atoms. The van der Waals surface area contributed by atoms with Gasteiger partial charge in [-0.3, -0.25) is 0 Å². The van der Waals surface area contributed by atoms with E-state index in [0.717, 1.165) is 32.5 Å². The smallest absolute Gasteiger partial charge is 0.0500 e. The zero-order chi connectivity index (χ0) is 7.66. The minimum atomic E-state index is 0.879. The van der Waals surface area contributed by atoms with E-state index in [1.807, 2.05) is 0 Å². The zero-order valence-corrected chi connectivity index (χ0v) is 7.10. The van der Waals surface area contributed by atoms with Crippen molar-refractivity contribution in [2.45, 2.75) is 33.1 Å². The van der Waals surface area contributed by atoms with Crippen LogP contribution in [-0.2, 0) is 4.74 Å². The fourth-order valence-corrected chi connectivity index (χ4v) is 0.682. The zero-order valence-electron chi connectivity index (χ0n) is 7.10. The fourth-order valence-electron chi connectivity index (χ4n) is 0.682. The van der Waals surface area contributed by atoms with Gasteiger partial charge in [0.2, 0.25) is 0 Å². The van der Waals surface area contributed by atoms with Crippen LogP contribution in [0.25, 0.3) is 0 Å². The predicted octanol–water partition coefficient (Wildman–Crippen LogP) is 2.77. The van der Waals surface area contributed by atoms with Crippen molar-refractivity contribution in [2.75, 3.05) is 13.2 Å².